The zero-order chi connectivity index (χ0) is 29.7. The van der Waals surface area contributed by atoms with Crippen LogP contribution >= 0.6 is 0 Å². The summed E-state index contributed by atoms with van der Waals surface area (Å²) in [5.41, 5.74) is 4.66. The van der Waals surface area contributed by atoms with Crippen LogP contribution in [0.3, 0.4) is 0 Å². The molecule has 42 heavy (non-hydrogen) atoms. The summed E-state index contributed by atoms with van der Waals surface area (Å²) < 4.78 is 7.19. The number of nitrogens with zero attached hydrogens (tertiary/aromatic N) is 6. The monoisotopic (exact) mass is 569 g/mol. The molecule has 1 fully saturated rings. The molecule has 0 radical (unpaired) electrons. The Balaban J connectivity index is 1.30. The zero-order valence-corrected chi connectivity index (χ0v) is 24.9. The van der Waals surface area contributed by atoms with E-state index in [1.54, 1.807) is 23.3 Å². The van der Waals surface area contributed by atoms with Gasteiger partial charge in [-0.1, -0.05) is 26.8 Å². The third-order valence-electron chi connectivity index (χ3n) is 7.09. The summed E-state index contributed by atoms with van der Waals surface area (Å²) in [4.78, 5) is 28.8. The number of nitrogens with one attached hydrogen (secondary N) is 3. The van der Waals surface area contributed by atoms with Crippen LogP contribution in [-0.4, -0.2) is 74.9 Å². The van der Waals surface area contributed by atoms with E-state index in [4.69, 9.17) is 4.74 Å². The van der Waals surface area contributed by atoms with Crippen molar-refractivity contribution >= 4 is 28.9 Å². The zero-order valence-electron chi connectivity index (χ0n) is 24.9. The van der Waals surface area contributed by atoms with Crippen molar-refractivity contribution in [2.24, 2.45) is 0 Å². The number of rotatable bonds is 9. The number of aryl methyl sites for hydroxylation is 2. The lowest BCUT2D eigenvalue weighted by Crippen LogP contribution is -2.39. The van der Waals surface area contributed by atoms with Crippen molar-refractivity contribution in [3.05, 3.63) is 77.5 Å². The highest BCUT2D eigenvalue weighted by Gasteiger charge is 2.18. The minimum Gasteiger partial charge on any atom is -0.379 e. The fourth-order valence-electron chi connectivity index (χ4n) is 4.65. The Morgan fingerprint density at radius 1 is 1.00 bits per heavy atom. The first-order valence-corrected chi connectivity index (χ1v) is 14.2. The summed E-state index contributed by atoms with van der Waals surface area (Å²) in [5.74, 6) is 1.94. The van der Waals surface area contributed by atoms with E-state index in [1.165, 1.54) is 0 Å². The van der Waals surface area contributed by atoms with E-state index in [1.807, 2.05) is 50.2 Å². The van der Waals surface area contributed by atoms with Gasteiger partial charge in [0, 0.05) is 72.6 Å². The van der Waals surface area contributed by atoms with Gasteiger partial charge in [0.05, 0.1) is 18.9 Å². The number of carbonyl (C=O) groups excluding carboxylic acids is 1. The lowest BCUT2D eigenvalue weighted by atomic mass is 9.91. The van der Waals surface area contributed by atoms with Crippen LogP contribution in [0.5, 0.6) is 0 Å². The summed E-state index contributed by atoms with van der Waals surface area (Å²) in [7, 11) is 0. The van der Waals surface area contributed by atoms with Crippen LogP contribution in [0.15, 0.2) is 55.0 Å². The molecule has 0 unspecified atom stereocenters. The van der Waals surface area contributed by atoms with Gasteiger partial charge < -0.3 is 20.7 Å². The number of amides is 1. The van der Waals surface area contributed by atoms with Crippen molar-refractivity contribution in [3.8, 4) is 5.82 Å². The Bertz CT molecular complexity index is 1540. The largest absolute Gasteiger partial charge is 0.379 e. The van der Waals surface area contributed by atoms with E-state index in [9.17, 15) is 4.79 Å². The maximum absolute atomic E-state index is 13.1. The standard InChI is InChI=1S/C31H39N9O2/c1-21-6-7-24(36-30(41)23-8-9-32-26(17-23)31(3,4)5)18-25(21)37-29-16-22(2)38-40(29)28-19-27(34-20-35-28)33-10-11-39-12-14-42-15-13-39/h6-9,16-20,37H,10-15H2,1-5H3,(H,36,41)(H,33,34,35). The molecule has 1 aliphatic heterocycles. The Labute approximate surface area is 246 Å². The van der Waals surface area contributed by atoms with Crippen LogP contribution in [0, 0.1) is 13.8 Å². The number of hydrogen-bond acceptors (Lipinski definition) is 9. The van der Waals surface area contributed by atoms with Gasteiger partial charge in [0.2, 0.25) is 0 Å². The number of pyridine rings is 1. The van der Waals surface area contributed by atoms with Gasteiger partial charge in [-0.05, 0) is 43.7 Å². The molecule has 0 atom stereocenters. The van der Waals surface area contributed by atoms with Gasteiger partial charge in [-0.25, -0.2) is 9.97 Å². The van der Waals surface area contributed by atoms with Gasteiger partial charge in [-0.3, -0.25) is 14.7 Å². The van der Waals surface area contributed by atoms with Crippen LogP contribution in [0.2, 0.25) is 0 Å². The molecule has 4 aromatic rings. The maximum Gasteiger partial charge on any atom is 0.255 e. The molecule has 1 aromatic carbocycles. The number of morpholine rings is 1. The fraction of sp³-hybridized carbons (Fsp3) is 0.387. The SMILES string of the molecule is Cc1cc(Nc2cc(NC(=O)c3ccnc(C(C)(C)C)c3)ccc2C)n(-c2cc(NCCN3CCOCC3)ncn2)n1. The molecule has 0 spiro atoms. The molecule has 4 heterocycles. The van der Waals surface area contributed by atoms with Crippen LogP contribution in [-0.2, 0) is 10.2 Å². The second-order valence-corrected chi connectivity index (χ2v) is 11.5. The van der Waals surface area contributed by atoms with E-state index in [0.717, 1.165) is 73.7 Å². The summed E-state index contributed by atoms with van der Waals surface area (Å²) in [6.45, 7) is 15.3. The van der Waals surface area contributed by atoms with Crippen molar-refractivity contribution in [1.82, 2.24) is 29.6 Å². The number of aromatic nitrogens is 5. The summed E-state index contributed by atoms with van der Waals surface area (Å²) in [6, 6.07) is 13.2. The second kappa shape index (κ2) is 12.7. The van der Waals surface area contributed by atoms with Gasteiger partial charge in [0.15, 0.2) is 5.82 Å². The van der Waals surface area contributed by atoms with Gasteiger partial charge in [0.1, 0.15) is 18.0 Å². The van der Waals surface area contributed by atoms with E-state index in [0.29, 0.717) is 17.1 Å². The Morgan fingerprint density at radius 3 is 2.60 bits per heavy atom. The Kier molecular flexibility index (Phi) is 8.79. The highest BCUT2D eigenvalue weighted by molar-refractivity contribution is 6.04. The molecule has 3 aromatic heterocycles. The minimum absolute atomic E-state index is 0.151. The Morgan fingerprint density at radius 2 is 1.81 bits per heavy atom. The van der Waals surface area contributed by atoms with E-state index < -0.39 is 0 Å². The fourth-order valence-corrected chi connectivity index (χ4v) is 4.65. The first kappa shape index (κ1) is 29.2. The molecule has 0 saturated carbocycles. The van der Waals surface area contributed by atoms with Gasteiger partial charge >= 0.3 is 0 Å². The Hall–Kier alpha value is -4.35. The molecular weight excluding hydrogens is 530 g/mol. The first-order chi connectivity index (χ1) is 20.2. The summed E-state index contributed by atoms with van der Waals surface area (Å²) in [6.07, 6.45) is 3.22. The molecule has 0 bridgehead atoms. The van der Waals surface area contributed by atoms with E-state index in [2.05, 4.69) is 61.7 Å². The van der Waals surface area contributed by atoms with Crippen molar-refractivity contribution in [2.75, 3.05) is 55.3 Å². The predicted molar refractivity (Wildman–Crippen MR) is 165 cm³/mol. The molecular formula is C31H39N9O2. The lowest BCUT2D eigenvalue weighted by molar-refractivity contribution is 0.0398. The normalized spacial score (nSPS) is 14.0. The van der Waals surface area contributed by atoms with E-state index >= 15 is 0 Å². The minimum atomic E-state index is -0.187. The van der Waals surface area contributed by atoms with Crippen LogP contribution < -0.4 is 16.0 Å². The number of benzene rings is 1. The quantitative estimate of drug-likeness (QED) is 0.263. The molecule has 3 N–H and O–H groups in total. The van der Waals surface area contributed by atoms with Crippen LogP contribution in [0.4, 0.5) is 23.0 Å². The summed E-state index contributed by atoms with van der Waals surface area (Å²) in [5, 5.41) is 14.6. The van der Waals surface area contributed by atoms with Crippen molar-refractivity contribution in [3.63, 3.8) is 0 Å². The highest BCUT2D eigenvalue weighted by Crippen LogP contribution is 2.27. The van der Waals surface area contributed by atoms with Crippen molar-refractivity contribution in [2.45, 2.75) is 40.0 Å². The predicted octanol–water partition coefficient (Wildman–Crippen LogP) is 4.71. The molecule has 1 aliphatic rings. The first-order valence-electron chi connectivity index (χ1n) is 14.2. The van der Waals surface area contributed by atoms with Crippen molar-refractivity contribution in [1.29, 1.82) is 0 Å². The van der Waals surface area contributed by atoms with Crippen LogP contribution in [0.25, 0.3) is 5.82 Å². The average Bonchev–Trinajstić information content (AvgIpc) is 3.35. The summed E-state index contributed by atoms with van der Waals surface area (Å²) >= 11 is 0. The third-order valence-corrected chi connectivity index (χ3v) is 7.09. The van der Waals surface area contributed by atoms with Gasteiger partial charge in [0.25, 0.3) is 5.91 Å². The lowest BCUT2D eigenvalue weighted by Gasteiger charge is -2.26. The maximum atomic E-state index is 13.1. The molecule has 1 amide bonds. The van der Waals surface area contributed by atoms with Crippen molar-refractivity contribution < 1.29 is 9.53 Å². The van der Waals surface area contributed by atoms with E-state index in [-0.39, 0.29) is 11.3 Å². The smallest absolute Gasteiger partial charge is 0.255 e. The molecule has 5 rings (SSSR count). The second-order valence-electron chi connectivity index (χ2n) is 11.5. The number of anilines is 4. The molecule has 0 aliphatic carbocycles. The highest BCUT2D eigenvalue weighted by atomic mass is 16.5. The molecule has 1 saturated heterocycles. The number of carbonyl (C=O) groups is 1. The number of hydrogen-bond donors (Lipinski definition) is 3. The topological polar surface area (TPSA) is 122 Å². The third kappa shape index (κ3) is 7.29. The van der Waals surface area contributed by atoms with Gasteiger partial charge in [-0.2, -0.15) is 9.78 Å². The number of ether oxygens (including phenoxy) is 1. The average molecular weight is 570 g/mol. The van der Waals surface area contributed by atoms with Gasteiger partial charge in [-0.15, -0.1) is 0 Å². The molecule has 11 nitrogen and oxygen atoms in total. The van der Waals surface area contributed by atoms with Crippen LogP contribution in [0.1, 0.15) is 48.1 Å². The molecule has 11 heteroatoms. The molecule has 220 valence electrons.